The van der Waals surface area contributed by atoms with Gasteiger partial charge in [0.25, 0.3) is 11.5 Å². The van der Waals surface area contributed by atoms with Gasteiger partial charge in [-0.05, 0) is 36.8 Å². The van der Waals surface area contributed by atoms with Crippen LogP contribution >= 0.6 is 0 Å². The summed E-state index contributed by atoms with van der Waals surface area (Å²) < 4.78 is 33.6. The van der Waals surface area contributed by atoms with E-state index in [4.69, 9.17) is 9.84 Å². The van der Waals surface area contributed by atoms with E-state index in [0.717, 1.165) is 49.0 Å². The lowest BCUT2D eigenvalue weighted by Crippen LogP contribution is -2.36. The summed E-state index contributed by atoms with van der Waals surface area (Å²) in [5, 5.41) is 9.86. The molecular formula is C23H31N7O5S. The van der Waals surface area contributed by atoms with Crippen molar-refractivity contribution in [3.8, 4) is 5.82 Å². The number of aryl methyl sites for hydroxylation is 1. The summed E-state index contributed by atoms with van der Waals surface area (Å²) in [5.74, 6) is -0.0173. The first-order valence-corrected chi connectivity index (χ1v) is 13.6. The SMILES string of the molecule is COCC1CCN(c2cc(C(=O)NS(C)(=O)=O)nc3c2c(C(C)C)nn3-c2ccc(=O)n(C)n2)CC1. The van der Waals surface area contributed by atoms with Crippen LogP contribution in [0.3, 0.4) is 0 Å². The second-order valence-corrected chi connectivity index (χ2v) is 11.2. The summed E-state index contributed by atoms with van der Waals surface area (Å²) in [6.45, 7) is 6.19. The minimum absolute atomic E-state index is 0.0172. The van der Waals surface area contributed by atoms with E-state index in [9.17, 15) is 18.0 Å². The van der Waals surface area contributed by atoms with Crippen LogP contribution in [-0.2, 0) is 21.8 Å². The molecular weight excluding hydrogens is 486 g/mol. The minimum atomic E-state index is -3.80. The van der Waals surface area contributed by atoms with Crippen molar-refractivity contribution in [3.05, 3.63) is 39.9 Å². The highest BCUT2D eigenvalue weighted by Crippen LogP contribution is 2.36. The van der Waals surface area contributed by atoms with Crippen molar-refractivity contribution in [2.24, 2.45) is 13.0 Å². The molecule has 1 saturated heterocycles. The van der Waals surface area contributed by atoms with Crippen LogP contribution < -0.4 is 15.2 Å². The molecule has 1 fully saturated rings. The van der Waals surface area contributed by atoms with E-state index in [2.05, 4.69) is 15.0 Å². The Bertz CT molecular complexity index is 1450. The Morgan fingerprint density at radius 2 is 1.92 bits per heavy atom. The molecule has 1 N–H and O–H groups in total. The van der Waals surface area contributed by atoms with Crippen molar-refractivity contribution in [3.63, 3.8) is 0 Å². The van der Waals surface area contributed by atoms with Crippen LogP contribution in [0.2, 0.25) is 0 Å². The largest absolute Gasteiger partial charge is 0.384 e. The van der Waals surface area contributed by atoms with Crippen LogP contribution in [0.1, 0.15) is 48.8 Å². The topological polar surface area (TPSA) is 141 Å². The van der Waals surface area contributed by atoms with Gasteiger partial charge in [-0.25, -0.2) is 22.8 Å². The fraction of sp³-hybridized carbons (Fsp3) is 0.522. The average Bonchev–Trinajstić information content (AvgIpc) is 3.20. The van der Waals surface area contributed by atoms with Gasteiger partial charge < -0.3 is 9.64 Å². The second kappa shape index (κ2) is 9.97. The van der Waals surface area contributed by atoms with Gasteiger partial charge in [-0.15, -0.1) is 5.10 Å². The van der Waals surface area contributed by atoms with E-state index in [0.29, 0.717) is 24.0 Å². The minimum Gasteiger partial charge on any atom is -0.384 e. The first-order chi connectivity index (χ1) is 17.0. The van der Waals surface area contributed by atoms with Crippen LogP contribution in [0.15, 0.2) is 23.0 Å². The van der Waals surface area contributed by atoms with E-state index >= 15 is 0 Å². The number of hydrogen-bond donors (Lipinski definition) is 1. The molecule has 0 unspecified atom stereocenters. The zero-order valence-corrected chi connectivity index (χ0v) is 21.9. The van der Waals surface area contributed by atoms with Crippen molar-refractivity contribution in [2.75, 3.05) is 38.0 Å². The molecule has 3 aromatic heterocycles. The lowest BCUT2D eigenvalue weighted by atomic mass is 9.96. The molecule has 0 saturated carbocycles. The molecule has 194 valence electrons. The molecule has 0 aromatic carbocycles. The summed E-state index contributed by atoms with van der Waals surface area (Å²) in [5.41, 5.74) is 1.55. The third kappa shape index (κ3) is 5.26. The van der Waals surface area contributed by atoms with E-state index in [-0.39, 0.29) is 17.2 Å². The highest BCUT2D eigenvalue weighted by Gasteiger charge is 2.28. The molecule has 1 aliphatic rings. The Balaban J connectivity index is 1.94. The van der Waals surface area contributed by atoms with Gasteiger partial charge in [-0.1, -0.05) is 13.8 Å². The van der Waals surface area contributed by atoms with Crippen molar-refractivity contribution in [1.82, 2.24) is 29.3 Å². The molecule has 0 spiro atoms. The predicted molar refractivity (Wildman–Crippen MR) is 135 cm³/mol. The molecule has 12 nitrogen and oxygen atoms in total. The molecule has 36 heavy (non-hydrogen) atoms. The number of carbonyl (C=O) groups excluding carboxylic acids is 1. The van der Waals surface area contributed by atoms with Crippen LogP contribution in [-0.4, -0.2) is 71.9 Å². The molecule has 0 radical (unpaired) electrons. The van der Waals surface area contributed by atoms with Gasteiger partial charge in [0.15, 0.2) is 11.5 Å². The number of pyridine rings is 1. The Kier molecular flexibility index (Phi) is 7.14. The second-order valence-electron chi connectivity index (χ2n) is 9.42. The fourth-order valence-electron chi connectivity index (χ4n) is 4.45. The Hall–Kier alpha value is -3.32. The van der Waals surface area contributed by atoms with Crippen LogP contribution in [0.5, 0.6) is 0 Å². The molecule has 1 aliphatic heterocycles. The number of methoxy groups -OCH3 is 1. The van der Waals surface area contributed by atoms with Crippen molar-refractivity contribution < 1.29 is 17.9 Å². The molecule has 0 aliphatic carbocycles. The number of ether oxygens (including phenoxy) is 1. The summed E-state index contributed by atoms with van der Waals surface area (Å²) in [6, 6.07) is 4.55. The highest BCUT2D eigenvalue weighted by molar-refractivity contribution is 7.89. The number of nitrogens with zero attached hydrogens (tertiary/aromatic N) is 6. The average molecular weight is 518 g/mol. The van der Waals surface area contributed by atoms with E-state index in [1.807, 2.05) is 18.6 Å². The number of amides is 1. The Labute approximate surface area is 209 Å². The van der Waals surface area contributed by atoms with E-state index in [1.54, 1.807) is 19.2 Å². The van der Waals surface area contributed by atoms with Gasteiger partial charge >= 0.3 is 0 Å². The zero-order valence-electron chi connectivity index (χ0n) is 21.1. The van der Waals surface area contributed by atoms with Crippen molar-refractivity contribution in [2.45, 2.75) is 32.6 Å². The number of nitrogens with one attached hydrogen (secondary N) is 1. The van der Waals surface area contributed by atoms with Crippen LogP contribution in [0.25, 0.3) is 16.9 Å². The zero-order chi connectivity index (χ0) is 26.2. The number of sulfonamides is 1. The molecule has 1 amide bonds. The van der Waals surface area contributed by atoms with Crippen LogP contribution in [0.4, 0.5) is 5.69 Å². The standard InChI is InChI=1S/C23H31N7O5S/c1-14(2)21-20-17(29-10-8-15(9-11-29)13-35-4)12-16(23(32)27-36(5,33)34)24-22(20)30(26-21)18-6-7-19(31)28(3)25-18/h6-7,12,14-15H,8-11,13H2,1-5H3,(H,27,32). The molecule has 13 heteroatoms. The van der Waals surface area contributed by atoms with E-state index < -0.39 is 15.9 Å². The summed E-state index contributed by atoms with van der Waals surface area (Å²) in [4.78, 5) is 31.5. The quantitative estimate of drug-likeness (QED) is 0.489. The summed E-state index contributed by atoms with van der Waals surface area (Å²) in [7, 11) is -0.564. The maximum atomic E-state index is 12.9. The van der Waals surface area contributed by atoms with Gasteiger partial charge in [0.05, 0.1) is 23.0 Å². The number of anilines is 1. The number of rotatable bonds is 7. The Morgan fingerprint density at radius 1 is 1.22 bits per heavy atom. The normalized spacial score (nSPS) is 15.1. The first-order valence-electron chi connectivity index (χ1n) is 11.7. The van der Waals surface area contributed by atoms with Gasteiger partial charge in [0, 0.05) is 39.9 Å². The van der Waals surface area contributed by atoms with E-state index in [1.165, 1.54) is 22.5 Å². The number of fused-ring (bicyclic) bond motifs is 1. The maximum absolute atomic E-state index is 12.9. The van der Waals surface area contributed by atoms with Crippen molar-refractivity contribution >= 4 is 32.7 Å². The van der Waals surface area contributed by atoms with Gasteiger partial charge in [-0.2, -0.15) is 9.78 Å². The smallest absolute Gasteiger partial charge is 0.283 e. The highest BCUT2D eigenvalue weighted by atomic mass is 32.2. The molecule has 4 rings (SSSR count). The molecule has 0 atom stereocenters. The molecule has 0 bridgehead atoms. The number of piperidine rings is 1. The van der Waals surface area contributed by atoms with Gasteiger partial charge in [-0.3, -0.25) is 9.59 Å². The lowest BCUT2D eigenvalue weighted by Gasteiger charge is -2.34. The molecule has 4 heterocycles. The predicted octanol–water partition coefficient (Wildman–Crippen LogP) is 1.19. The number of aromatic nitrogens is 5. The lowest BCUT2D eigenvalue weighted by molar-refractivity contribution is 0.0977. The summed E-state index contributed by atoms with van der Waals surface area (Å²) in [6.07, 6.45) is 2.74. The maximum Gasteiger partial charge on any atom is 0.283 e. The monoisotopic (exact) mass is 517 g/mol. The third-order valence-electron chi connectivity index (χ3n) is 6.22. The van der Waals surface area contributed by atoms with Crippen LogP contribution in [0, 0.1) is 5.92 Å². The van der Waals surface area contributed by atoms with Crippen molar-refractivity contribution in [1.29, 1.82) is 0 Å². The van der Waals surface area contributed by atoms with Gasteiger partial charge in [0.2, 0.25) is 10.0 Å². The number of hydrogen-bond acceptors (Lipinski definition) is 9. The molecule has 3 aromatic rings. The Morgan fingerprint density at radius 3 is 2.50 bits per heavy atom. The van der Waals surface area contributed by atoms with Gasteiger partial charge in [0.1, 0.15) is 5.69 Å². The fourth-order valence-corrected chi connectivity index (χ4v) is 4.89. The number of carbonyl (C=O) groups is 1. The third-order valence-corrected chi connectivity index (χ3v) is 6.78. The summed E-state index contributed by atoms with van der Waals surface area (Å²) >= 11 is 0. The first kappa shape index (κ1) is 25.8.